The van der Waals surface area contributed by atoms with Gasteiger partial charge in [0.25, 0.3) is 0 Å². The molecule has 12 heavy (non-hydrogen) atoms. The lowest BCUT2D eigenvalue weighted by Gasteiger charge is -1.99. The van der Waals surface area contributed by atoms with E-state index in [1.807, 2.05) is 0 Å². The first-order chi connectivity index (χ1) is 5.93. The zero-order valence-electron chi connectivity index (χ0n) is 7.50. The molecule has 0 fully saturated rings. The van der Waals surface area contributed by atoms with Crippen molar-refractivity contribution >= 4 is 0 Å². The fourth-order valence-electron chi connectivity index (χ4n) is 1.17. The quantitative estimate of drug-likeness (QED) is 0.579. The van der Waals surface area contributed by atoms with Crippen LogP contribution in [0.3, 0.4) is 0 Å². The molecule has 0 aromatic heterocycles. The van der Waals surface area contributed by atoms with Gasteiger partial charge in [-0.05, 0) is 24.8 Å². The van der Waals surface area contributed by atoms with E-state index in [2.05, 4.69) is 43.7 Å². The molecule has 0 aliphatic heterocycles. The summed E-state index contributed by atoms with van der Waals surface area (Å²) < 4.78 is 0. The van der Waals surface area contributed by atoms with Crippen LogP contribution in [0.4, 0.5) is 0 Å². The lowest BCUT2D eigenvalue weighted by atomic mass is 10.1. The summed E-state index contributed by atoms with van der Waals surface area (Å²) in [5.74, 6) is 0. The molecule has 2 radical (unpaired) electrons. The van der Waals surface area contributed by atoms with E-state index in [0.29, 0.717) is 0 Å². The van der Waals surface area contributed by atoms with Gasteiger partial charge in [0.15, 0.2) is 0 Å². The molecule has 0 amide bonds. The molecule has 0 spiro atoms. The number of hydrogen-bond donors (Lipinski definition) is 0. The second kappa shape index (κ2) is 5.82. The van der Waals surface area contributed by atoms with Crippen LogP contribution in [0.5, 0.6) is 0 Å². The minimum Gasteiger partial charge on any atom is -0.0622 e. The van der Waals surface area contributed by atoms with Gasteiger partial charge in [-0.15, -0.1) is 0 Å². The number of hydrogen-bond acceptors (Lipinski definition) is 0. The Labute approximate surface area is 75.6 Å². The summed E-state index contributed by atoms with van der Waals surface area (Å²) in [6.45, 7) is 3.81. The average Bonchev–Trinajstić information content (AvgIpc) is 2.14. The fraction of sp³-hybridized carbons (Fsp3) is 0.333. The summed E-state index contributed by atoms with van der Waals surface area (Å²) in [5, 5.41) is 0. The van der Waals surface area contributed by atoms with E-state index >= 15 is 0 Å². The van der Waals surface area contributed by atoms with Gasteiger partial charge in [-0.25, -0.2) is 0 Å². The molecule has 0 atom stereocenters. The van der Waals surface area contributed by atoms with Crippen molar-refractivity contribution in [2.24, 2.45) is 0 Å². The number of benzene rings is 1. The average molecular weight is 160 g/mol. The van der Waals surface area contributed by atoms with Crippen molar-refractivity contribution in [3.63, 3.8) is 0 Å². The van der Waals surface area contributed by atoms with Gasteiger partial charge < -0.3 is 0 Å². The van der Waals surface area contributed by atoms with Crippen LogP contribution in [0, 0.1) is 13.3 Å². The summed E-state index contributed by atoms with van der Waals surface area (Å²) in [4.78, 5) is 0. The van der Waals surface area contributed by atoms with Crippen molar-refractivity contribution in [3.05, 3.63) is 49.2 Å². The van der Waals surface area contributed by atoms with Gasteiger partial charge in [0.05, 0.1) is 0 Å². The molecule has 1 rings (SSSR count). The SMILES string of the molecule is [CH2]CCC[CH]Cc1ccccc1. The van der Waals surface area contributed by atoms with Crippen LogP contribution in [0.1, 0.15) is 24.8 Å². The maximum atomic E-state index is 3.81. The second-order valence-corrected chi connectivity index (χ2v) is 2.97. The second-order valence-electron chi connectivity index (χ2n) is 2.97. The summed E-state index contributed by atoms with van der Waals surface area (Å²) >= 11 is 0. The van der Waals surface area contributed by atoms with Gasteiger partial charge in [0.1, 0.15) is 0 Å². The van der Waals surface area contributed by atoms with Crippen molar-refractivity contribution < 1.29 is 0 Å². The van der Waals surface area contributed by atoms with E-state index in [4.69, 9.17) is 0 Å². The van der Waals surface area contributed by atoms with Crippen LogP contribution in [0.15, 0.2) is 30.3 Å². The highest BCUT2D eigenvalue weighted by Crippen LogP contribution is 2.05. The molecule has 0 aliphatic rings. The molecule has 1 aromatic rings. The summed E-state index contributed by atoms with van der Waals surface area (Å²) in [5.41, 5.74) is 1.40. The van der Waals surface area contributed by atoms with Gasteiger partial charge in [0, 0.05) is 0 Å². The van der Waals surface area contributed by atoms with Crippen molar-refractivity contribution in [1.29, 1.82) is 0 Å². The first-order valence-corrected chi connectivity index (χ1v) is 4.58. The molecule has 1 aromatic carbocycles. The van der Waals surface area contributed by atoms with Gasteiger partial charge in [-0.2, -0.15) is 0 Å². The minimum absolute atomic E-state index is 1.05. The highest BCUT2D eigenvalue weighted by Gasteiger charge is 1.91. The third kappa shape index (κ3) is 3.56. The Morgan fingerprint density at radius 1 is 1.17 bits per heavy atom. The maximum Gasteiger partial charge on any atom is -0.0248 e. The summed E-state index contributed by atoms with van der Waals surface area (Å²) in [7, 11) is 0. The number of rotatable bonds is 5. The standard InChI is InChI=1S/C12H16/c1-2-3-4-6-9-12-10-7-5-8-11-12/h5-8,10-11H,1-4,9H2. The normalized spacial score (nSPS) is 10.1. The Kier molecular flexibility index (Phi) is 4.51. The topological polar surface area (TPSA) is 0 Å². The molecule has 0 nitrogen and oxygen atoms in total. The van der Waals surface area contributed by atoms with Gasteiger partial charge >= 0.3 is 0 Å². The highest BCUT2D eigenvalue weighted by molar-refractivity contribution is 5.16. The zero-order valence-corrected chi connectivity index (χ0v) is 7.50. The first kappa shape index (κ1) is 9.31. The van der Waals surface area contributed by atoms with Crippen molar-refractivity contribution in [2.75, 3.05) is 0 Å². The molecule has 0 aliphatic carbocycles. The molecule has 0 bridgehead atoms. The molecule has 64 valence electrons. The van der Waals surface area contributed by atoms with E-state index in [1.165, 1.54) is 18.4 Å². The van der Waals surface area contributed by atoms with Crippen LogP contribution < -0.4 is 0 Å². The van der Waals surface area contributed by atoms with Crippen LogP contribution in [-0.2, 0) is 6.42 Å². The molecule has 0 heterocycles. The largest absolute Gasteiger partial charge is 0.0622 e. The Morgan fingerprint density at radius 2 is 1.92 bits per heavy atom. The van der Waals surface area contributed by atoms with Gasteiger partial charge in [-0.3, -0.25) is 0 Å². The monoisotopic (exact) mass is 160 g/mol. The van der Waals surface area contributed by atoms with Gasteiger partial charge in [0.2, 0.25) is 0 Å². The van der Waals surface area contributed by atoms with E-state index < -0.39 is 0 Å². The third-order valence-corrected chi connectivity index (χ3v) is 1.88. The van der Waals surface area contributed by atoms with Crippen molar-refractivity contribution in [1.82, 2.24) is 0 Å². The molecule has 0 heteroatoms. The Bertz CT molecular complexity index is 188. The molecule has 0 saturated heterocycles. The predicted octanol–water partition coefficient (Wildman–Crippen LogP) is 3.44. The first-order valence-electron chi connectivity index (χ1n) is 4.58. The fourth-order valence-corrected chi connectivity index (χ4v) is 1.17. The van der Waals surface area contributed by atoms with Crippen molar-refractivity contribution in [3.8, 4) is 0 Å². The van der Waals surface area contributed by atoms with Crippen LogP contribution in [-0.4, -0.2) is 0 Å². The highest BCUT2D eigenvalue weighted by atomic mass is 14.0. The zero-order chi connectivity index (χ0) is 8.65. The maximum absolute atomic E-state index is 3.81. The lowest BCUT2D eigenvalue weighted by molar-refractivity contribution is 0.804. The van der Waals surface area contributed by atoms with Crippen LogP contribution >= 0.6 is 0 Å². The Morgan fingerprint density at radius 3 is 2.58 bits per heavy atom. The minimum atomic E-state index is 1.05. The molecular formula is C12H16. The number of unbranched alkanes of at least 4 members (excludes halogenated alkanes) is 3. The van der Waals surface area contributed by atoms with E-state index in [0.717, 1.165) is 12.8 Å². The lowest BCUT2D eigenvalue weighted by Crippen LogP contribution is -1.85. The van der Waals surface area contributed by atoms with Crippen LogP contribution in [0.2, 0.25) is 0 Å². The molecular weight excluding hydrogens is 144 g/mol. The molecule has 0 saturated carbocycles. The Balaban J connectivity index is 2.16. The van der Waals surface area contributed by atoms with Crippen LogP contribution in [0.25, 0.3) is 0 Å². The Hall–Kier alpha value is -0.780. The summed E-state index contributed by atoms with van der Waals surface area (Å²) in [6.07, 6.45) is 6.89. The predicted molar refractivity (Wildman–Crippen MR) is 53.7 cm³/mol. The van der Waals surface area contributed by atoms with E-state index in [-0.39, 0.29) is 0 Å². The summed E-state index contributed by atoms with van der Waals surface area (Å²) in [6, 6.07) is 10.6. The third-order valence-electron chi connectivity index (χ3n) is 1.88. The smallest absolute Gasteiger partial charge is 0.0248 e. The van der Waals surface area contributed by atoms with E-state index in [1.54, 1.807) is 0 Å². The van der Waals surface area contributed by atoms with Gasteiger partial charge in [-0.1, -0.05) is 50.1 Å². The van der Waals surface area contributed by atoms with E-state index in [9.17, 15) is 0 Å². The molecule has 0 unspecified atom stereocenters. The molecule has 0 N–H and O–H groups in total. The van der Waals surface area contributed by atoms with Crippen molar-refractivity contribution in [2.45, 2.75) is 25.7 Å².